The van der Waals surface area contributed by atoms with Gasteiger partial charge in [0.15, 0.2) is 0 Å². The first-order chi connectivity index (χ1) is 4.91. The van der Waals surface area contributed by atoms with E-state index in [0.29, 0.717) is 0 Å². The van der Waals surface area contributed by atoms with Crippen molar-refractivity contribution in [3.63, 3.8) is 0 Å². The van der Waals surface area contributed by atoms with Crippen LogP contribution >= 0.6 is 0 Å². The van der Waals surface area contributed by atoms with Crippen molar-refractivity contribution in [3.05, 3.63) is 0 Å². The fourth-order valence-corrected chi connectivity index (χ4v) is 12.9. The molecule has 0 aromatic carbocycles. The fraction of sp³-hybridized carbons (Fsp3) is 1.00. The van der Waals surface area contributed by atoms with E-state index < -0.39 is 0 Å². The topological polar surface area (TPSA) is 0 Å². The summed E-state index contributed by atoms with van der Waals surface area (Å²) >= 11 is 2.20. The van der Waals surface area contributed by atoms with Gasteiger partial charge >= 0.3 is 74.4 Å². The van der Waals surface area contributed by atoms with E-state index in [9.17, 15) is 0 Å². The van der Waals surface area contributed by atoms with Crippen molar-refractivity contribution in [1.29, 1.82) is 0 Å². The van der Waals surface area contributed by atoms with Crippen molar-refractivity contribution in [2.45, 2.75) is 42.7 Å². The van der Waals surface area contributed by atoms with Crippen LogP contribution in [-0.4, -0.2) is 26.3 Å². The zero-order valence-electron chi connectivity index (χ0n) is 6.27. The van der Waals surface area contributed by atoms with Crippen molar-refractivity contribution in [1.82, 2.24) is 0 Å². The molecule has 0 nitrogen and oxygen atoms in total. The molecule has 10 heavy (non-hydrogen) atoms. The summed E-state index contributed by atoms with van der Waals surface area (Å²) in [6, 6.07) is 0. The van der Waals surface area contributed by atoms with Gasteiger partial charge in [0, 0.05) is 0 Å². The number of hydrogen-bond acceptors (Lipinski definition) is 0. The van der Waals surface area contributed by atoms with E-state index in [1.165, 1.54) is 6.42 Å². The summed E-state index contributed by atoms with van der Waals surface area (Å²) in [5, 5.41) is 3.31. The molecule has 2 aliphatic rings. The Hall–Kier alpha value is 1.04. The molecule has 0 bridgehead atoms. The Labute approximate surface area is 74.4 Å². The van der Waals surface area contributed by atoms with Crippen molar-refractivity contribution in [2.75, 3.05) is 0 Å². The zero-order chi connectivity index (χ0) is 6.86. The Morgan fingerprint density at radius 2 is 1.40 bits per heavy atom. The van der Waals surface area contributed by atoms with Crippen LogP contribution in [0.3, 0.4) is 0 Å². The van der Waals surface area contributed by atoms with Gasteiger partial charge in [-0.25, -0.2) is 0 Å². The van der Waals surface area contributed by atoms with Gasteiger partial charge in [-0.15, -0.1) is 0 Å². The van der Waals surface area contributed by atoms with Crippen molar-refractivity contribution in [3.8, 4) is 0 Å². The molecule has 1 aliphatic heterocycles. The van der Waals surface area contributed by atoms with E-state index in [-0.39, 0.29) is 0 Å². The molecule has 0 N–H and O–H groups in total. The van der Waals surface area contributed by atoms with E-state index in [1.807, 2.05) is 0 Å². The molecular formula is C8H14Se2. The maximum atomic E-state index is 1.65. The Kier molecular flexibility index (Phi) is 2.45. The standard InChI is InChI=1S/C8H14Se2/c1-2-4-8(5-3-1)6-9-10-7-8/h1-7H2. The summed E-state index contributed by atoms with van der Waals surface area (Å²) in [6.45, 7) is 0. The summed E-state index contributed by atoms with van der Waals surface area (Å²) < 4.78 is 0. The third-order valence-corrected chi connectivity index (χ3v) is 10.5. The predicted molar refractivity (Wildman–Crippen MR) is 46.6 cm³/mol. The number of hydrogen-bond donors (Lipinski definition) is 0. The first-order valence-electron chi connectivity index (χ1n) is 4.16. The molecule has 0 aromatic rings. The van der Waals surface area contributed by atoms with Gasteiger partial charge in [0.05, 0.1) is 0 Å². The zero-order valence-corrected chi connectivity index (χ0v) is 9.69. The van der Waals surface area contributed by atoms with Crippen LogP contribution in [0.2, 0.25) is 10.6 Å². The molecule has 1 saturated heterocycles. The first-order valence-corrected chi connectivity index (χ1v) is 10.9. The molecule has 0 atom stereocenters. The summed E-state index contributed by atoms with van der Waals surface area (Å²) in [4.78, 5) is 0. The third-order valence-electron chi connectivity index (χ3n) is 2.73. The third kappa shape index (κ3) is 1.45. The molecule has 58 valence electrons. The molecule has 0 aromatic heterocycles. The molecule has 2 fully saturated rings. The second-order valence-electron chi connectivity index (χ2n) is 3.59. The summed E-state index contributed by atoms with van der Waals surface area (Å²) in [6.07, 6.45) is 7.81. The van der Waals surface area contributed by atoms with Gasteiger partial charge < -0.3 is 0 Å². The monoisotopic (exact) mass is 270 g/mol. The van der Waals surface area contributed by atoms with Crippen LogP contribution in [0.1, 0.15) is 32.1 Å². The van der Waals surface area contributed by atoms with E-state index in [2.05, 4.69) is 0 Å². The second-order valence-corrected chi connectivity index (χ2v) is 10.9. The molecule has 2 rings (SSSR count). The average molecular weight is 268 g/mol. The van der Waals surface area contributed by atoms with Gasteiger partial charge in [0.25, 0.3) is 0 Å². The Morgan fingerprint density at radius 3 is 2.00 bits per heavy atom. The second kappa shape index (κ2) is 3.19. The van der Waals surface area contributed by atoms with Gasteiger partial charge in [0.1, 0.15) is 0 Å². The van der Waals surface area contributed by atoms with Crippen LogP contribution in [0.4, 0.5) is 0 Å². The summed E-state index contributed by atoms with van der Waals surface area (Å²) in [5.41, 5.74) is 0.929. The molecule has 2 heteroatoms. The van der Waals surface area contributed by atoms with Crippen LogP contribution in [0.5, 0.6) is 0 Å². The van der Waals surface area contributed by atoms with Crippen LogP contribution in [-0.2, 0) is 0 Å². The molecule has 0 radical (unpaired) electrons. The van der Waals surface area contributed by atoms with Crippen LogP contribution in [0, 0.1) is 5.41 Å². The molecule has 0 unspecified atom stereocenters. The average Bonchev–Trinajstić information content (AvgIpc) is 2.39. The quantitative estimate of drug-likeness (QED) is 0.590. The molecule has 0 amide bonds. The van der Waals surface area contributed by atoms with Crippen LogP contribution < -0.4 is 0 Å². The van der Waals surface area contributed by atoms with Gasteiger partial charge in [-0.2, -0.15) is 0 Å². The SMILES string of the molecule is C1CCC2(CC1)C[Se][Se]C2. The Bertz CT molecular complexity index is 108. The van der Waals surface area contributed by atoms with Gasteiger partial charge in [-0.1, -0.05) is 0 Å². The van der Waals surface area contributed by atoms with E-state index in [0.717, 1.165) is 31.7 Å². The molecule has 1 spiro atoms. The van der Waals surface area contributed by atoms with Crippen LogP contribution in [0.25, 0.3) is 0 Å². The Morgan fingerprint density at radius 1 is 0.800 bits per heavy atom. The van der Waals surface area contributed by atoms with E-state index >= 15 is 0 Å². The van der Waals surface area contributed by atoms with Gasteiger partial charge in [-0.05, 0) is 0 Å². The van der Waals surface area contributed by atoms with Gasteiger partial charge in [0.2, 0.25) is 0 Å². The van der Waals surface area contributed by atoms with Crippen molar-refractivity contribution >= 4 is 26.3 Å². The summed E-state index contributed by atoms with van der Waals surface area (Å²) in [7, 11) is 0. The predicted octanol–water partition coefficient (Wildman–Crippen LogP) is 2.11. The van der Waals surface area contributed by atoms with Crippen molar-refractivity contribution < 1.29 is 0 Å². The van der Waals surface area contributed by atoms with E-state index in [1.54, 1.807) is 36.3 Å². The fourth-order valence-electron chi connectivity index (χ4n) is 1.97. The van der Waals surface area contributed by atoms with Gasteiger partial charge in [-0.3, -0.25) is 0 Å². The number of rotatable bonds is 0. The van der Waals surface area contributed by atoms with Crippen LogP contribution in [0.15, 0.2) is 0 Å². The molecule has 1 aliphatic carbocycles. The molecule has 1 saturated carbocycles. The normalized spacial score (nSPS) is 31.2. The Balaban J connectivity index is 1.98. The minimum absolute atomic E-state index is 0.929. The minimum atomic E-state index is 0.929. The molecular weight excluding hydrogens is 254 g/mol. The molecule has 1 heterocycles. The summed E-state index contributed by atoms with van der Waals surface area (Å²) in [5.74, 6) is 0. The maximum absolute atomic E-state index is 1.65. The first kappa shape index (κ1) is 7.68. The van der Waals surface area contributed by atoms with Crippen molar-refractivity contribution in [2.24, 2.45) is 5.41 Å². The van der Waals surface area contributed by atoms with E-state index in [4.69, 9.17) is 0 Å².